The minimum absolute atomic E-state index is 0.0181. The molecular formula is C18H22N2O. The van der Waals surface area contributed by atoms with E-state index in [-0.39, 0.29) is 5.91 Å². The molecule has 0 saturated carbocycles. The standard InChI is InChI=1S/C18H22N2O/c1-5-15-8-7-9-20(12-15)18(21)16-10-14(4)17(19-6-2)11-13(16)3/h6-7,9-12H,5,8H2,1-4H3. The lowest BCUT2D eigenvalue weighted by atomic mass is 10.0. The molecule has 1 heterocycles. The molecule has 0 saturated heterocycles. The molecule has 1 aromatic carbocycles. The van der Waals surface area contributed by atoms with Crippen molar-refractivity contribution in [1.82, 2.24) is 4.90 Å². The van der Waals surface area contributed by atoms with Crippen LogP contribution in [0.1, 0.15) is 48.2 Å². The summed E-state index contributed by atoms with van der Waals surface area (Å²) in [6.45, 7) is 7.95. The quantitative estimate of drug-likeness (QED) is 0.741. The molecule has 1 aliphatic rings. The van der Waals surface area contributed by atoms with Crippen LogP contribution in [0.5, 0.6) is 0 Å². The van der Waals surface area contributed by atoms with Crippen molar-refractivity contribution in [3.8, 4) is 0 Å². The van der Waals surface area contributed by atoms with E-state index in [0.717, 1.165) is 35.2 Å². The third-order valence-electron chi connectivity index (χ3n) is 3.70. The first-order valence-corrected chi connectivity index (χ1v) is 7.35. The van der Waals surface area contributed by atoms with E-state index in [1.54, 1.807) is 11.1 Å². The lowest BCUT2D eigenvalue weighted by Gasteiger charge is -2.21. The molecule has 110 valence electrons. The number of aliphatic imine (C=N–C) groups is 1. The van der Waals surface area contributed by atoms with Crippen molar-refractivity contribution in [3.05, 3.63) is 52.9 Å². The molecule has 21 heavy (non-hydrogen) atoms. The Morgan fingerprint density at radius 3 is 2.76 bits per heavy atom. The molecule has 0 N–H and O–H groups in total. The highest BCUT2D eigenvalue weighted by molar-refractivity contribution is 5.97. The highest BCUT2D eigenvalue weighted by Crippen LogP contribution is 2.25. The molecule has 0 fully saturated rings. The van der Waals surface area contributed by atoms with Crippen molar-refractivity contribution in [2.24, 2.45) is 4.99 Å². The highest BCUT2D eigenvalue weighted by atomic mass is 16.2. The smallest absolute Gasteiger partial charge is 0.262 e. The summed E-state index contributed by atoms with van der Waals surface area (Å²) in [7, 11) is 0. The minimum atomic E-state index is 0.0181. The SMILES string of the molecule is CC=Nc1cc(C)c(C(=O)N2C=CCC(CC)=C2)cc1C. The summed E-state index contributed by atoms with van der Waals surface area (Å²) in [5, 5.41) is 0. The number of aryl methyl sites for hydroxylation is 2. The van der Waals surface area contributed by atoms with Crippen molar-refractivity contribution < 1.29 is 4.79 Å². The Labute approximate surface area is 126 Å². The number of amides is 1. The van der Waals surface area contributed by atoms with Gasteiger partial charge in [-0.3, -0.25) is 14.7 Å². The number of carbonyl (C=O) groups excluding carboxylic acids is 1. The fraction of sp³-hybridized carbons (Fsp3) is 0.333. The molecule has 3 heteroatoms. The predicted octanol–water partition coefficient (Wildman–Crippen LogP) is 4.68. The second kappa shape index (κ2) is 6.53. The van der Waals surface area contributed by atoms with Gasteiger partial charge in [0.25, 0.3) is 5.91 Å². The van der Waals surface area contributed by atoms with Gasteiger partial charge in [-0.2, -0.15) is 0 Å². The van der Waals surface area contributed by atoms with Crippen LogP contribution in [-0.4, -0.2) is 17.0 Å². The van der Waals surface area contributed by atoms with Crippen LogP contribution < -0.4 is 0 Å². The Hall–Kier alpha value is -2.16. The zero-order chi connectivity index (χ0) is 15.4. The van der Waals surface area contributed by atoms with E-state index < -0.39 is 0 Å². The number of hydrogen-bond acceptors (Lipinski definition) is 2. The molecule has 0 spiro atoms. The Bertz CT molecular complexity index is 639. The lowest BCUT2D eigenvalue weighted by molar-refractivity contribution is 0.0866. The van der Waals surface area contributed by atoms with Gasteiger partial charge in [0, 0.05) is 24.2 Å². The number of allylic oxidation sites excluding steroid dienone is 2. The van der Waals surface area contributed by atoms with Crippen molar-refractivity contribution in [2.75, 3.05) is 0 Å². The fourth-order valence-electron chi connectivity index (χ4n) is 2.42. The zero-order valence-electron chi connectivity index (χ0n) is 13.2. The molecule has 0 bridgehead atoms. The molecule has 0 atom stereocenters. The van der Waals surface area contributed by atoms with Gasteiger partial charge >= 0.3 is 0 Å². The van der Waals surface area contributed by atoms with E-state index >= 15 is 0 Å². The van der Waals surface area contributed by atoms with Crippen molar-refractivity contribution in [3.63, 3.8) is 0 Å². The molecule has 0 unspecified atom stereocenters. The number of hydrogen-bond donors (Lipinski definition) is 0. The van der Waals surface area contributed by atoms with Gasteiger partial charge in [-0.1, -0.05) is 13.0 Å². The number of nitrogens with zero attached hydrogens (tertiary/aromatic N) is 2. The zero-order valence-corrected chi connectivity index (χ0v) is 13.2. The topological polar surface area (TPSA) is 32.7 Å². The van der Waals surface area contributed by atoms with Crippen LogP contribution in [0.25, 0.3) is 0 Å². The monoisotopic (exact) mass is 282 g/mol. The van der Waals surface area contributed by atoms with Gasteiger partial charge in [0.2, 0.25) is 0 Å². The first kappa shape index (κ1) is 15.2. The van der Waals surface area contributed by atoms with Gasteiger partial charge in [0.1, 0.15) is 0 Å². The van der Waals surface area contributed by atoms with Crippen LogP contribution in [0.2, 0.25) is 0 Å². The lowest BCUT2D eigenvalue weighted by Crippen LogP contribution is -2.23. The Balaban J connectivity index is 2.36. The summed E-state index contributed by atoms with van der Waals surface area (Å²) in [5.74, 6) is 0.0181. The van der Waals surface area contributed by atoms with Crippen LogP contribution in [0.15, 0.2) is 41.2 Å². The van der Waals surface area contributed by atoms with Gasteiger partial charge < -0.3 is 0 Å². The van der Waals surface area contributed by atoms with Crippen LogP contribution >= 0.6 is 0 Å². The van der Waals surface area contributed by atoms with Crippen LogP contribution in [0.4, 0.5) is 5.69 Å². The summed E-state index contributed by atoms with van der Waals surface area (Å²) in [4.78, 5) is 18.7. The molecule has 0 aliphatic carbocycles. The van der Waals surface area contributed by atoms with Gasteiger partial charge in [-0.05, 0) is 62.4 Å². The second-order valence-electron chi connectivity index (χ2n) is 5.28. The third kappa shape index (κ3) is 3.30. The Morgan fingerprint density at radius 2 is 2.10 bits per heavy atom. The molecule has 3 nitrogen and oxygen atoms in total. The van der Waals surface area contributed by atoms with Gasteiger partial charge in [-0.15, -0.1) is 0 Å². The summed E-state index contributed by atoms with van der Waals surface area (Å²) in [6, 6.07) is 3.91. The summed E-state index contributed by atoms with van der Waals surface area (Å²) in [5.41, 5.74) is 4.90. The minimum Gasteiger partial charge on any atom is -0.291 e. The Morgan fingerprint density at radius 1 is 1.33 bits per heavy atom. The van der Waals surface area contributed by atoms with Crippen molar-refractivity contribution >= 4 is 17.8 Å². The van der Waals surface area contributed by atoms with Crippen molar-refractivity contribution in [1.29, 1.82) is 0 Å². The molecule has 2 rings (SSSR count). The molecule has 1 amide bonds. The van der Waals surface area contributed by atoms with Gasteiger partial charge in [0.15, 0.2) is 0 Å². The summed E-state index contributed by atoms with van der Waals surface area (Å²) < 4.78 is 0. The first-order chi connectivity index (χ1) is 10.1. The summed E-state index contributed by atoms with van der Waals surface area (Å²) in [6.07, 6.45) is 9.52. The maximum absolute atomic E-state index is 12.7. The molecule has 1 aromatic rings. The van der Waals surface area contributed by atoms with E-state index in [1.807, 2.05) is 51.4 Å². The average Bonchev–Trinajstić information content (AvgIpc) is 2.50. The maximum atomic E-state index is 12.7. The molecule has 1 aliphatic heterocycles. The second-order valence-corrected chi connectivity index (χ2v) is 5.28. The molecule has 0 aromatic heterocycles. The van der Waals surface area contributed by atoms with Crippen LogP contribution in [0.3, 0.4) is 0 Å². The third-order valence-corrected chi connectivity index (χ3v) is 3.70. The molecule has 0 radical (unpaired) electrons. The number of rotatable bonds is 3. The van der Waals surface area contributed by atoms with E-state index in [4.69, 9.17) is 0 Å². The largest absolute Gasteiger partial charge is 0.291 e. The van der Waals surface area contributed by atoms with Gasteiger partial charge in [-0.25, -0.2) is 0 Å². The fourth-order valence-corrected chi connectivity index (χ4v) is 2.42. The van der Waals surface area contributed by atoms with Crippen molar-refractivity contribution in [2.45, 2.75) is 40.5 Å². The van der Waals surface area contributed by atoms with Gasteiger partial charge in [0.05, 0.1) is 5.69 Å². The number of benzene rings is 1. The van der Waals surface area contributed by atoms with E-state index in [2.05, 4.69) is 11.9 Å². The summed E-state index contributed by atoms with van der Waals surface area (Å²) >= 11 is 0. The highest BCUT2D eigenvalue weighted by Gasteiger charge is 2.17. The molecular weight excluding hydrogens is 260 g/mol. The van der Waals surface area contributed by atoms with E-state index in [9.17, 15) is 4.79 Å². The van der Waals surface area contributed by atoms with E-state index in [0.29, 0.717) is 0 Å². The van der Waals surface area contributed by atoms with Crippen LogP contribution in [-0.2, 0) is 0 Å². The normalized spacial score (nSPS) is 14.7. The number of carbonyl (C=O) groups is 1. The first-order valence-electron chi connectivity index (χ1n) is 7.35. The Kier molecular flexibility index (Phi) is 4.73. The average molecular weight is 282 g/mol. The van der Waals surface area contributed by atoms with E-state index in [1.165, 1.54) is 5.57 Å². The predicted molar refractivity (Wildman–Crippen MR) is 88.0 cm³/mol. The maximum Gasteiger partial charge on any atom is 0.262 e. The van der Waals surface area contributed by atoms with Crippen LogP contribution in [0, 0.1) is 13.8 Å².